The van der Waals surface area contributed by atoms with Gasteiger partial charge in [-0.3, -0.25) is 9.59 Å². The minimum atomic E-state index is -0.464. The molecule has 4 atom stereocenters. The van der Waals surface area contributed by atoms with Crippen LogP contribution in [-0.4, -0.2) is 34.3 Å². The van der Waals surface area contributed by atoms with Gasteiger partial charge in [-0.15, -0.1) is 11.6 Å². The molecule has 5 heteroatoms. The zero-order valence-corrected chi connectivity index (χ0v) is 17.6. The van der Waals surface area contributed by atoms with Crippen molar-refractivity contribution in [2.45, 2.75) is 69.8 Å². The highest BCUT2D eigenvalue weighted by molar-refractivity contribution is 6.24. The molecule has 0 N–H and O–H groups in total. The first kappa shape index (κ1) is 19.8. The lowest BCUT2D eigenvalue weighted by Gasteiger charge is -2.58. The molecule has 4 saturated carbocycles. The molecule has 4 aliphatic rings. The number of amides is 1. The number of alkyl halides is 1. The molecule has 4 bridgehead atoms. The van der Waals surface area contributed by atoms with Crippen LogP contribution in [0.3, 0.4) is 0 Å². The molecule has 0 saturated heterocycles. The van der Waals surface area contributed by atoms with Crippen LogP contribution in [0.15, 0.2) is 30.3 Å². The van der Waals surface area contributed by atoms with Crippen LogP contribution in [0, 0.1) is 17.3 Å². The highest BCUT2D eigenvalue weighted by Gasteiger charge is 2.60. The minimum absolute atomic E-state index is 0.0390. The molecular weight excluding hydrogens is 374 g/mol. The molecular formula is C23H30ClNO3. The third-order valence-corrected chi connectivity index (χ3v) is 7.33. The van der Waals surface area contributed by atoms with Crippen LogP contribution >= 0.6 is 11.6 Å². The summed E-state index contributed by atoms with van der Waals surface area (Å²) in [7, 11) is 0. The Morgan fingerprint density at radius 1 is 1.14 bits per heavy atom. The van der Waals surface area contributed by atoms with E-state index in [0.717, 1.165) is 31.2 Å². The molecule has 0 aromatic heterocycles. The molecule has 1 aromatic rings. The Labute approximate surface area is 172 Å². The van der Waals surface area contributed by atoms with E-state index in [1.807, 2.05) is 44.2 Å². The molecule has 0 heterocycles. The van der Waals surface area contributed by atoms with E-state index < -0.39 is 5.41 Å². The number of nitrogens with zero attached hydrogens (tertiary/aromatic N) is 1. The number of ether oxygens (including phenoxy) is 1. The maximum absolute atomic E-state index is 13.0. The number of hydrogen-bond acceptors (Lipinski definition) is 3. The van der Waals surface area contributed by atoms with Crippen molar-refractivity contribution in [2.75, 3.05) is 6.61 Å². The van der Waals surface area contributed by atoms with Crippen molar-refractivity contribution in [1.29, 1.82) is 0 Å². The van der Waals surface area contributed by atoms with E-state index in [0.29, 0.717) is 24.8 Å². The van der Waals surface area contributed by atoms with E-state index in [2.05, 4.69) is 0 Å². The first-order chi connectivity index (χ1) is 13.3. The van der Waals surface area contributed by atoms with Crippen LogP contribution < -0.4 is 0 Å². The summed E-state index contributed by atoms with van der Waals surface area (Å²) in [5.41, 5.74) is 0.606. The molecule has 152 valence electrons. The molecule has 2 unspecified atom stereocenters. The number of esters is 1. The average Bonchev–Trinajstić information content (AvgIpc) is 2.62. The fraction of sp³-hybridized carbons (Fsp3) is 0.652. The van der Waals surface area contributed by atoms with E-state index in [4.69, 9.17) is 16.3 Å². The highest BCUT2D eigenvalue weighted by Crippen LogP contribution is 2.64. The van der Waals surface area contributed by atoms with Gasteiger partial charge in [0, 0.05) is 17.5 Å². The molecule has 4 fully saturated rings. The van der Waals surface area contributed by atoms with Gasteiger partial charge < -0.3 is 9.64 Å². The summed E-state index contributed by atoms with van der Waals surface area (Å²) in [4.78, 5) is 27.4. The quantitative estimate of drug-likeness (QED) is 0.517. The minimum Gasteiger partial charge on any atom is -0.455 e. The van der Waals surface area contributed by atoms with Crippen LogP contribution in [0.1, 0.15) is 57.9 Å². The third kappa shape index (κ3) is 3.80. The summed E-state index contributed by atoms with van der Waals surface area (Å²) in [6, 6.07) is 9.94. The molecule has 0 radical (unpaired) electrons. The molecule has 5 rings (SSSR count). The van der Waals surface area contributed by atoms with Gasteiger partial charge in [-0.1, -0.05) is 30.3 Å². The van der Waals surface area contributed by atoms with Crippen molar-refractivity contribution in [3.63, 3.8) is 0 Å². The van der Waals surface area contributed by atoms with Crippen molar-refractivity contribution in [2.24, 2.45) is 17.3 Å². The van der Waals surface area contributed by atoms with Gasteiger partial charge in [0.25, 0.3) is 5.91 Å². The molecule has 28 heavy (non-hydrogen) atoms. The standard InChI is InChI=1S/C23H30ClNO3/c1-16(2)25(13-17-6-4-3-5-7-17)20(26)14-28-21(27)22-9-18-8-19(10-22)12-23(24,11-18)15-22/h3-7,16,18-19H,8-15H2,1-2H3/t18-,19+,22?,23?. The fourth-order valence-electron chi connectivity index (χ4n) is 6.09. The van der Waals surface area contributed by atoms with Crippen LogP contribution in [0.4, 0.5) is 0 Å². The predicted octanol–water partition coefficient (Wildman–Crippen LogP) is 4.54. The summed E-state index contributed by atoms with van der Waals surface area (Å²) < 4.78 is 5.61. The lowest BCUT2D eigenvalue weighted by atomic mass is 9.49. The van der Waals surface area contributed by atoms with Crippen LogP contribution in [0.25, 0.3) is 0 Å². The van der Waals surface area contributed by atoms with Gasteiger partial charge in [-0.2, -0.15) is 0 Å². The number of halogens is 1. The van der Waals surface area contributed by atoms with Gasteiger partial charge in [0.15, 0.2) is 6.61 Å². The Morgan fingerprint density at radius 2 is 1.79 bits per heavy atom. The smallest absolute Gasteiger partial charge is 0.312 e. The van der Waals surface area contributed by atoms with Gasteiger partial charge in [0.2, 0.25) is 0 Å². The lowest BCUT2D eigenvalue weighted by molar-refractivity contribution is -0.173. The predicted molar refractivity (Wildman–Crippen MR) is 109 cm³/mol. The van der Waals surface area contributed by atoms with Crippen molar-refractivity contribution in [3.05, 3.63) is 35.9 Å². The number of carbonyl (C=O) groups is 2. The SMILES string of the molecule is CC(C)N(Cc1ccccc1)C(=O)COC(=O)C12C[C@@H]3C[C@@H](CC(Cl)(C3)C1)C2. The molecule has 0 spiro atoms. The molecule has 1 amide bonds. The summed E-state index contributed by atoms with van der Waals surface area (Å²) in [6.07, 6.45) is 5.71. The number of carbonyl (C=O) groups excluding carboxylic acids is 2. The van der Waals surface area contributed by atoms with Gasteiger partial charge in [0.1, 0.15) is 0 Å². The van der Waals surface area contributed by atoms with Crippen LogP contribution in [-0.2, 0) is 20.9 Å². The Kier molecular flexibility index (Phi) is 5.20. The number of hydrogen-bond donors (Lipinski definition) is 0. The van der Waals surface area contributed by atoms with Gasteiger partial charge in [-0.05, 0) is 69.8 Å². The van der Waals surface area contributed by atoms with E-state index in [9.17, 15) is 9.59 Å². The van der Waals surface area contributed by atoms with E-state index in [1.54, 1.807) is 4.90 Å². The lowest BCUT2D eigenvalue weighted by Crippen LogP contribution is -2.56. The van der Waals surface area contributed by atoms with E-state index in [1.165, 1.54) is 6.42 Å². The summed E-state index contributed by atoms with van der Waals surface area (Å²) >= 11 is 6.83. The maximum atomic E-state index is 13.0. The highest BCUT2D eigenvalue weighted by atomic mass is 35.5. The monoisotopic (exact) mass is 403 g/mol. The largest absolute Gasteiger partial charge is 0.455 e. The second-order valence-corrected chi connectivity index (χ2v) is 10.4. The van der Waals surface area contributed by atoms with E-state index >= 15 is 0 Å². The zero-order chi connectivity index (χ0) is 19.9. The van der Waals surface area contributed by atoms with Crippen molar-refractivity contribution in [3.8, 4) is 0 Å². The number of benzene rings is 1. The normalized spacial score (nSPS) is 33.1. The average molecular weight is 404 g/mol. The van der Waals surface area contributed by atoms with E-state index in [-0.39, 0.29) is 29.4 Å². The Bertz CT molecular complexity index is 733. The number of rotatable bonds is 6. The van der Waals surface area contributed by atoms with Crippen LogP contribution in [0.5, 0.6) is 0 Å². The van der Waals surface area contributed by atoms with Crippen molar-refractivity contribution in [1.82, 2.24) is 4.90 Å². The molecule has 0 aliphatic heterocycles. The first-order valence-corrected chi connectivity index (χ1v) is 10.9. The Morgan fingerprint density at radius 3 is 2.36 bits per heavy atom. The fourth-order valence-corrected chi connectivity index (χ4v) is 6.78. The second-order valence-electron chi connectivity index (χ2n) is 9.57. The van der Waals surface area contributed by atoms with Crippen LogP contribution in [0.2, 0.25) is 0 Å². The molecule has 4 nitrogen and oxygen atoms in total. The summed E-state index contributed by atoms with van der Waals surface area (Å²) in [6.45, 7) is 4.31. The van der Waals surface area contributed by atoms with Crippen molar-refractivity contribution >= 4 is 23.5 Å². The maximum Gasteiger partial charge on any atom is 0.312 e. The first-order valence-electron chi connectivity index (χ1n) is 10.5. The van der Waals surface area contributed by atoms with Gasteiger partial charge >= 0.3 is 5.97 Å². The van der Waals surface area contributed by atoms with Crippen molar-refractivity contribution < 1.29 is 14.3 Å². The third-order valence-electron chi connectivity index (χ3n) is 6.89. The Balaban J connectivity index is 1.39. The van der Waals surface area contributed by atoms with Gasteiger partial charge in [0.05, 0.1) is 5.41 Å². The zero-order valence-electron chi connectivity index (χ0n) is 16.8. The van der Waals surface area contributed by atoms with Gasteiger partial charge in [-0.25, -0.2) is 0 Å². The second kappa shape index (κ2) is 7.37. The molecule has 4 aliphatic carbocycles. The Hall–Kier alpha value is -1.55. The molecule has 1 aromatic carbocycles. The topological polar surface area (TPSA) is 46.6 Å². The summed E-state index contributed by atoms with van der Waals surface area (Å²) in [5.74, 6) is 0.723. The summed E-state index contributed by atoms with van der Waals surface area (Å²) in [5, 5.41) is 0.